The van der Waals surface area contributed by atoms with Crippen molar-refractivity contribution in [2.24, 2.45) is 11.8 Å². The van der Waals surface area contributed by atoms with Gasteiger partial charge in [-0.3, -0.25) is 4.90 Å². The second kappa shape index (κ2) is 10.1. The molecule has 6 heteroatoms. The third kappa shape index (κ3) is 5.67. The molecule has 0 radical (unpaired) electrons. The van der Waals surface area contributed by atoms with Crippen LogP contribution >= 0.6 is 0 Å². The highest BCUT2D eigenvalue weighted by molar-refractivity contribution is 5.74. The number of ether oxygens (including phenoxy) is 2. The summed E-state index contributed by atoms with van der Waals surface area (Å²) >= 11 is 0. The maximum absolute atomic E-state index is 12.6. The van der Waals surface area contributed by atoms with Crippen molar-refractivity contribution in [1.29, 1.82) is 0 Å². The zero-order valence-electron chi connectivity index (χ0n) is 16.5. The van der Waals surface area contributed by atoms with Crippen molar-refractivity contribution in [2.75, 3.05) is 46.1 Å². The van der Waals surface area contributed by atoms with Crippen LogP contribution in [0.2, 0.25) is 0 Å². The van der Waals surface area contributed by atoms with Gasteiger partial charge >= 0.3 is 6.03 Å². The second-order valence-electron chi connectivity index (χ2n) is 7.83. The van der Waals surface area contributed by atoms with Gasteiger partial charge in [-0.25, -0.2) is 4.79 Å². The van der Waals surface area contributed by atoms with Crippen LogP contribution in [0.15, 0.2) is 30.3 Å². The maximum Gasteiger partial charge on any atom is 0.315 e. The number of benzene rings is 1. The molecule has 0 bridgehead atoms. The van der Waals surface area contributed by atoms with E-state index in [0.717, 1.165) is 51.5 Å². The summed E-state index contributed by atoms with van der Waals surface area (Å²) in [7, 11) is 0. The Bertz CT molecular complexity index is 569. The molecule has 3 rings (SSSR count). The zero-order chi connectivity index (χ0) is 19.1. The molecule has 0 saturated carbocycles. The fourth-order valence-electron chi connectivity index (χ4n) is 4.04. The summed E-state index contributed by atoms with van der Waals surface area (Å²) < 4.78 is 11.1. The van der Waals surface area contributed by atoms with Gasteiger partial charge in [-0.05, 0) is 17.9 Å². The third-order valence-electron chi connectivity index (χ3n) is 5.61. The van der Waals surface area contributed by atoms with Gasteiger partial charge in [0.05, 0.1) is 25.9 Å². The molecule has 1 aromatic carbocycles. The van der Waals surface area contributed by atoms with Crippen LogP contribution in [0.1, 0.15) is 31.9 Å². The van der Waals surface area contributed by atoms with Crippen molar-refractivity contribution in [3.05, 3.63) is 35.9 Å². The van der Waals surface area contributed by atoms with Crippen LogP contribution < -0.4 is 10.6 Å². The van der Waals surface area contributed by atoms with E-state index in [-0.39, 0.29) is 12.1 Å². The second-order valence-corrected chi connectivity index (χ2v) is 7.83. The van der Waals surface area contributed by atoms with Crippen LogP contribution in [-0.2, 0) is 9.47 Å². The molecule has 0 spiro atoms. The van der Waals surface area contributed by atoms with E-state index in [1.165, 1.54) is 0 Å². The van der Waals surface area contributed by atoms with E-state index in [9.17, 15) is 4.79 Å². The van der Waals surface area contributed by atoms with E-state index in [4.69, 9.17) is 9.47 Å². The first kappa shape index (κ1) is 20.1. The van der Waals surface area contributed by atoms with Crippen LogP contribution in [0.25, 0.3) is 0 Å². The predicted molar refractivity (Wildman–Crippen MR) is 106 cm³/mol. The van der Waals surface area contributed by atoms with Crippen LogP contribution in [0.4, 0.5) is 4.79 Å². The molecule has 2 aliphatic rings. The molecule has 1 aromatic rings. The van der Waals surface area contributed by atoms with Gasteiger partial charge in [-0.2, -0.15) is 0 Å². The van der Waals surface area contributed by atoms with Crippen molar-refractivity contribution >= 4 is 6.03 Å². The molecule has 27 heavy (non-hydrogen) atoms. The van der Waals surface area contributed by atoms with E-state index in [1.807, 2.05) is 18.2 Å². The third-order valence-corrected chi connectivity index (χ3v) is 5.61. The summed E-state index contributed by atoms with van der Waals surface area (Å²) in [4.78, 5) is 15.1. The Hall–Kier alpha value is -1.63. The first-order valence-electron chi connectivity index (χ1n) is 10.1. The van der Waals surface area contributed by atoms with Gasteiger partial charge in [0.2, 0.25) is 0 Å². The SMILES string of the molecule is CC(C)C(NC(=O)NCC(C1CCOC1)N1CCOCC1)c1ccccc1. The largest absolute Gasteiger partial charge is 0.381 e. The molecule has 0 aromatic heterocycles. The number of hydrogen-bond donors (Lipinski definition) is 2. The minimum atomic E-state index is -0.102. The van der Waals surface area contributed by atoms with Gasteiger partial charge in [0.15, 0.2) is 0 Å². The highest BCUT2D eigenvalue weighted by Gasteiger charge is 2.32. The average molecular weight is 376 g/mol. The van der Waals surface area contributed by atoms with Crippen LogP contribution in [0, 0.1) is 11.8 Å². The van der Waals surface area contributed by atoms with E-state index in [2.05, 4.69) is 41.5 Å². The number of carbonyl (C=O) groups excluding carboxylic acids is 1. The minimum absolute atomic E-state index is 0.00264. The molecule has 3 unspecified atom stereocenters. The normalized spacial score (nSPS) is 23.1. The number of hydrogen-bond acceptors (Lipinski definition) is 4. The Morgan fingerprint density at radius 3 is 2.52 bits per heavy atom. The number of rotatable bonds is 7. The van der Waals surface area contributed by atoms with Crippen LogP contribution in [0.3, 0.4) is 0 Å². The van der Waals surface area contributed by atoms with E-state index in [1.54, 1.807) is 0 Å². The molecule has 3 atom stereocenters. The standard InChI is InChI=1S/C21H33N3O3/c1-16(2)20(17-6-4-3-5-7-17)23-21(25)22-14-19(18-8-11-27-15-18)24-9-12-26-13-10-24/h3-7,16,18-20H,8-15H2,1-2H3,(H2,22,23,25). The van der Waals surface area contributed by atoms with Crippen LogP contribution in [-0.4, -0.2) is 63.0 Å². The molecule has 2 fully saturated rings. The number of nitrogens with one attached hydrogen (secondary N) is 2. The first-order valence-corrected chi connectivity index (χ1v) is 10.1. The zero-order valence-corrected chi connectivity index (χ0v) is 16.5. The fraction of sp³-hybridized carbons (Fsp3) is 0.667. The minimum Gasteiger partial charge on any atom is -0.381 e. The van der Waals surface area contributed by atoms with Gasteiger partial charge < -0.3 is 20.1 Å². The highest BCUT2D eigenvalue weighted by atomic mass is 16.5. The fourth-order valence-corrected chi connectivity index (χ4v) is 4.04. The molecule has 2 aliphatic heterocycles. The molecule has 150 valence electrons. The lowest BCUT2D eigenvalue weighted by molar-refractivity contribution is 0.00210. The summed E-state index contributed by atoms with van der Waals surface area (Å²) in [5.41, 5.74) is 1.14. The van der Waals surface area contributed by atoms with Crippen molar-refractivity contribution in [2.45, 2.75) is 32.4 Å². The average Bonchev–Trinajstić information content (AvgIpc) is 3.22. The summed E-state index contributed by atoms with van der Waals surface area (Å²) in [6.07, 6.45) is 1.06. The number of amides is 2. The molecule has 2 amide bonds. The Labute approximate surface area is 162 Å². The van der Waals surface area contributed by atoms with E-state index in [0.29, 0.717) is 24.4 Å². The van der Waals surface area contributed by atoms with Crippen molar-refractivity contribution in [1.82, 2.24) is 15.5 Å². The molecule has 2 heterocycles. The quantitative estimate of drug-likeness (QED) is 0.768. The Morgan fingerprint density at radius 2 is 1.89 bits per heavy atom. The Morgan fingerprint density at radius 1 is 1.15 bits per heavy atom. The Kier molecular flexibility index (Phi) is 7.50. The van der Waals surface area contributed by atoms with Crippen molar-refractivity contribution in [3.63, 3.8) is 0 Å². The number of urea groups is 1. The summed E-state index contributed by atoms with van der Waals surface area (Å²) in [5.74, 6) is 0.787. The summed E-state index contributed by atoms with van der Waals surface area (Å²) in [5, 5.41) is 6.28. The van der Waals surface area contributed by atoms with E-state index < -0.39 is 0 Å². The predicted octanol–water partition coefficient (Wildman–Crippen LogP) is 2.42. The molecule has 2 N–H and O–H groups in total. The lowest BCUT2D eigenvalue weighted by atomic mass is 9.96. The highest BCUT2D eigenvalue weighted by Crippen LogP contribution is 2.23. The molecular weight excluding hydrogens is 342 g/mol. The first-order chi connectivity index (χ1) is 13.1. The summed E-state index contributed by atoms with van der Waals surface area (Å²) in [6, 6.07) is 10.4. The number of morpholine rings is 1. The van der Waals surface area contributed by atoms with Gasteiger partial charge in [0.25, 0.3) is 0 Å². The molecule has 6 nitrogen and oxygen atoms in total. The molecule has 0 aliphatic carbocycles. The van der Waals surface area contributed by atoms with Crippen LogP contribution in [0.5, 0.6) is 0 Å². The summed E-state index contributed by atoms with van der Waals surface area (Å²) in [6.45, 7) is 9.87. The lowest BCUT2D eigenvalue weighted by Gasteiger charge is -2.37. The molecular formula is C21H33N3O3. The lowest BCUT2D eigenvalue weighted by Crippen LogP contribution is -2.53. The number of carbonyl (C=O) groups is 1. The Balaban J connectivity index is 1.57. The van der Waals surface area contributed by atoms with Gasteiger partial charge in [-0.1, -0.05) is 44.2 Å². The van der Waals surface area contributed by atoms with Gasteiger partial charge in [0.1, 0.15) is 0 Å². The topological polar surface area (TPSA) is 62.8 Å². The monoisotopic (exact) mass is 375 g/mol. The maximum atomic E-state index is 12.6. The smallest absolute Gasteiger partial charge is 0.315 e. The van der Waals surface area contributed by atoms with Crippen molar-refractivity contribution < 1.29 is 14.3 Å². The van der Waals surface area contributed by atoms with Crippen molar-refractivity contribution in [3.8, 4) is 0 Å². The van der Waals surface area contributed by atoms with Gasteiger partial charge in [0, 0.05) is 38.2 Å². The van der Waals surface area contributed by atoms with Gasteiger partial charge in [-0.15, -0.1) is 0 Å². The number of nitrogens with zero attached hydrogens (tertiary/aromatic N) is 1. The van der Waals surface area contributed by atoms with E-state index >= 15 is 0 Å². The molecule has 2 saturated heterocycles.